The number of carbonyl (C=O) groups is 1. The largest absolute Gasteiger partial charge is 0.469 e. The number of carbonyl (C=O) groups excluding carboxylic acids is 1. The Morgan fingerprint density at radius 3 is 2.68 bits per heavy atom. The quantitative estimate of drug-likeness (QED) is 0.294. The van der Waals surface area contributed by atoms with E-state index in [1.807, 2.05) is 0 Å². The lowest BCUT2D eigenvalue weighted by molar-refractivity contribution is -0.145. The summed E-state index contributed by atoms with van der Waals surface area (Å²) < 4.78 is 10.4. The van der Waals surface area contributed by atoms with E-state index in [4.69, 9.17) is 9.47 Å². The van der Waals surface area contributed by atoms with Crippen LogP contribution in [0.4, 0.5) is 5.69 Å². The van der Waals surface area contributed by atoms with Crippen LogP contribution in [0.5, 0.6) is 0 Å². The van der Waals surface area contributed by atoms with Gasteiger partial charge >= 0.3 is 5.97 Å². The molecule has 8 heteroatoms. The predicted octanol–water partition coefficient (Wildman–Crippen LogP) is 1.96. The van der Waals surface area contributed by atoms with E-state index in [0.717, 1.165) is 38.8 Å². The van der Waals surface area contributed by atoms with Gasteiger partial charge in [0.25, 0.3) is 0 Å². The summed E-state index contributed by atoms with van der Waals surface area (Å²) in [6.07, 6.45) is 0. The first-order valence-corrected chi connectivity index (χ1v) is 9.58. The van der Waals surface area contributed by atoms with Crippen LogP contribution in [0.1, 0.15) is 12.5 Å². The van der Waals surface area contributed by atoms with E-state index in [1.54, 1.807) is 7.05 Å². The van der Waals surface area contributed by atoms with Crippen LogP contribution in [-0.4, -0.2) is 70.4 Å². The number of nitrogens with zero attached hydrogens (tertiary/aromatic N) is 3. The fourth-order valence-corrected chi connectivity index (χ4v) is 3.88. The normalized spacial score (nSPS) is 22.6. The van der Waals surface area contributed by atoms with E-state index >= 15 is 0 Å². The maximum atomic E-state index is 12.0. The van der Waals surface area contributed by atoms with Gasteiger partial charge in [-0.2, -0.15) is 0 Å². The zero-order valence-electron chi connectivity index (χ0n) is 16.9. The van der Waals surface area contributed by atoms with Gasteiger partial charge in [0, 0.05) is 45.5 Å². The second kappa shape index (κ2) is 10.8. The monoisotopic (exact) mass is 502 g/mol. The van der Waals surface area contributed by atoms with Gasteiger partial charge in [0.05, 0.1) is 26.2 Å². The molecule has 2 atom stereocenters. The van der Waals surface area contributed by atoms with Gasteiger partial charge in [0.15, 0.2) is 5.96 Å². The lowest BCUT2D eigenvalue weighted by Crippen LogP contribution is -2.41. The number of hydrogen-bond donors (Lipinski definition) is 1. The van der Waals surface area contributed by atoms with Crippen molar-refractivity contribution in [3.63, 3.8) is 0 Å². The number of anilines is 1. The Balaban J connectivity index is 0.00000280. The SMILES string of the molecule is CN=C(NCc1ccccc1N1CCOCC1)N1CC(C)C(C(=O)OC)C1.I. The lowest BCUT2D eigenvalue weighted by Gasteiger charge is -2.31. The average molecular weight is 502 g/mol. The van der Waals surface area contributed by atoms with Crippen LogP contribution in [0.15, 0.2) is 29.3 Å². The number of methoxy groups -OCH3 is 1. The first-order valence-electron chi connectivity index (χ1n) is 9.58. The van der Waals surface area contributed by atoms with Gasteiger partial charge in [-0.15, -0.1) is 24.0 Å². The number of nitrogens with one attached hydrogen (secondary N) is 1. The van der Waals surface area contributed by atoms with E-state index < -0.39 is 0 Å². The smallest absolute Gasteiger partial charge is 0.310 e. The van der Waals surface area contributed by atoms with Crippen molar-refractivity contribution < 1.29 is 14.3 Å². The van der Waals surface area contributed by atoms with Gasteiger partial charge in [-0.3, -0.25) is 9.79 Å². The number of benzene rings is 1. The van der Waals surface area contributed by atoms with E-state index in [0.29, 0.717) is 13.1 Å². The Hall–Kier alpha value is -1.55. The first-order chi connectivity index (χ1) is 13.1. The minimum Gasteiger partial charge on any atom is -0.469 e. The molecular weight excluding hydrogens is 471 g/mol. The molecule has 2 fully saturated rings. The van der Waals surface area contributed by atoms with Gasteiger partial charge in [0.1, 0.15) is 0 Å². The summed E-state index contributed by atoms with van der Waals surface area (Å²) in [5.41, 5.74) is 2.48. The molecule has 2 aliphatic rings. The summed E-state index contributed by atoms with van der Waals surface area (Å²) in [4.78, 5) is 20.9. The van der Waals surface area contributed by atoms with Crippen molar-refractivity contribution >= 4 is 41.6 Å². The third-order valence-electron chi connectivity index (χ3n) is 5.41. The van der Waals surface area contributed by atoms with Crippen LogP contribution in [0.25, 0.3) is 0 Å². The number of likely N-dealkylation sites (tertiary alicyclic amines) is 1. The lowest BCUT2D eigenvalue weighted by atomic mass is 9.99. The first kappa shape index (κ1) is 22.7. The van der Waals surface area contributed by atoms with Crippen LogP contribution >= 0.6 is 24.0 Å². The molecule has 2 unspecified atom stereocenters. The minimum absolute atomic E-state index is 0. The summed E-state index contributed by atoms with van der Waals surface area (Å²) in [6.45, 7) is 7.57. The maximum Gasteiger partial charge on any atom is 0.310 e. The highest BCUT2D eigenvalue weighted by atomic mass is 127. The van der Waals surface area contributed by atoms with Crippen LogP contribution in [0.3, 0.4) is 0 Å². The number of rotatable bonds is 4. The number of halogens is 1. The molecule has 156 valence electrons. The Labute approximate surface area is 184 Å². The molecule has 0 bridgehead atoms. The van der Waals surface area contributed by atoms with Gasteiger partial charge in [-0.05, 0) is 17.5 Å². The molecule has 2 saturated heterocycles. The molecule has 7 nitrogen and oxygen atoms in total. The predicted molar refractivity (Wildman–Crippen MR) is 121 cm³/mol. The summed E-state index contributed by atoms with van der Waals surface area (Å²) >= 11 is 0. The number of guanidine groups is 1. The van der Waals surface area contributed by atoms with Crippen molar-refractivity contribution in [2.45, 2.75) is 13.5 Å². The number of morpholine rings is 1. The summed E-state index contributed by atoms with van der Waals surface area (Å²) in [5.74, 6) is 0.828. The fraction of sp³-hybridized carbons (Fsp3) is 0.600. The second-order valence-corrected chi connectivity index (χ2v) is 7.14. The Morgan fingerprint density at radius 1 is 1.29 bits per heavy atom. The molecule has 2 aliphatic heterocycles. The van der Waals surface area contributed by atoms with E-state index in [-0.39, 0.29) is 41.8 Å². The molecule has 1 aromatic rings. The van der Waals surface area contributed by atoms with Crippen LogP contribution in [0.2, 0.25) is 0 Å². The maximum absolute atomic E-state index is 12.0. The Morgan fingerprint density at radius 2 is 2.00 bits per heavy atom. The van der Waals surface area contributed by atoms with Crippen molar-refractivity contribution in [3.8, 4) is 0 Å². The van der Waals surface area contributed by atoms with E-state index in [1.165, 1.54) is 18.4 Å². The molecule has 0 aliphatic carbocycles. The molecule has 0 amide bonds. The van der Waals surface area contributed by atoms with E-state index in [9.17, 15) is 4.79 Å². The molecule has 0 aromatic heterocycles. The molecule has 1 aromatic carbocycles. The highest BCUT2D eigenvalue weighted by Gasteiger charge is 2.36. The molecule has 2 heterocycles. The third kappa shape index (κ3) is 5.28. The number of esters is 1. The molecule has 0 spiro atoms. The highest BCUT2D eigenvalue weighted by Crippen LogP contribution is 2.25. The van der Waals surface area contributed by atoms with Crippen molar-refractivity contribution in [2.24, 2.45) is 16.8 Å². The van der Waals surface area contributed by atoms with Crippen molar-refractivity contribution in [2.75, 3.05) is 58.5 Å². The third-order valence-corrected chi connectivity index (χ3v) is 5.41. The molecular formula is C20H31IN4O3. The van der Waals surface area contributed by atoms with Crippen molar-refractivity contribution in [1.29, 1.82) is 0 Å². The van der Waals surface area contributed by atoms with Gasteiger partial charge in [-0.25, -0.2) is 0 Å². The van der Waals surface area contributed by atoms with Crippen LogP contribution in [-0.2, 0) is 20.8 Å². The van der Waals surface area contributed by atoms with Crippen LogP contribution in [0, 0.1) is 11.8 Å². The average Bonchev–Trinajstić information content (AvgIpc) is 3.10. The number of aliphatic imine (C=N–C) groups is 1. The van der Waals surface area contributed by atoms with Crippen LogP contribution < -0.4 is 10.2 Å². The molecule has 28 heavy (non-hydrogen) atoms. The summed E-state index contributed by atoms with van der Waals surface area (Å²) in [5, 5.41) is 3.47. The second-order valence-electron chi connectivity index (χ2n) is 7.14. The molecule has 1 N–H and O–H groups in total. The van der Waals surface area contributed by atoms with Gasteiger partial charge in [0.2, 0.25) is 0 Å². The zero-order valence-corrected chi connectivity index (χ0v) is 19.2. The molecule has 0 saturated carbocycles. The zero-order chi connectivity index (χ0) is 19.2. The van der Waals surface area contributed by atoms with Gasteiger partial charge in [-0.1, -0.05) is 25.1 Å². The highest BCUT2D eigenvalue weighted by molar-refractivity contribution is 14.0. The minimum atomic E-state index is -0.141. The molecule has 0 radical (unpaired) electrons. The van der Waals surface area contributed by atoms with Crippen molar-refractivity contribution in [3.05, 3.63) is 29.8 Å². The van der Waals surface area contributed by atoms with Gasteiger partial charge < -0.3 is 24.6 Å². The number of hydrogen-bond acceptors (Lipinski definition) is 5. The number of ether oxygens (including phenoxy) is 2. The number of para-hydroxylation sites is 1. The fourth-order valence-electron chi connectivity index (χ4n) is 3.88. The Bertz CT molecular complexity index is 679. The summed E-state index contributed by atoms with van der Waals surface area (Å²) in [6, 6.07) is 8.45. The summed E-state index contributed by atoms with van der Waals surface area (Å²) in [7, 11) is 3.24. The Kier molecular flexibility index (Phi) is 8.81. The topological polar surface area (TPSA) is 66.4 Å². The van der Waals surface area contributed by atoms with Crippen molar-refractivity contribution in [1.82, 2.24) is 10.2 Å². The standard InChI is InChI=1S/C20H30N4O3.HI/c1-15-13-24(14-17(15)19(25)26-3)20(21-2)22-12-16-6-4-5-7-18(16)23-8-10-27-11-9-23;/h4-7,15,17H,8-14H2,1-3H3,(H,21,22);1H. The molecule has 3 rings (SSSR count). The van der Waals surface area contributed by atoms with E-state index in [2.05, 4.69) is 51.3 Å².